The van der Waals surface area contributed by atoms with E-state index in [4.69, 9.17) is 11.6 Å². The second-order valence-electron chi connectivity index (χ2n) is 4.94. The van der Waals surface area contributed by atoms with Crippen LogP contribution in [0.2, 0.25) is 5.02 Å². The first kappa shape index (κ1) is 14.8. The molecule has 0 unspecified atom stereocenters. The summed E-state index contributed by atoms with van der Waals surface area (Å²) in [5, 5.41) is 13.9. The monoisotopic (exact) mass is 313 g/mol. The SMILES string of the molecule is CCN=C1CN(O)C(c2ccccc2)=c2cc(Cl)ccc2=N1. The van der Waals surface area contributed by atoms with Crippen LogP contribution in [0, 0.1) is 0 Å². The summed E-state index contributed by atoms with van der Waals surface area (Å²) in [5.74, 6) is 0.597. The molecule has 0 aromatic heterocycles. The maximum atomic E-state index is 10.5. The van der Waals surface area contributed by atoms with Crippen molar-refractivity contribution >= 4 is 23.1 Å². The van der Waals surface area contributed by atoms with Gasteiger partial charge in [0.1, 0.15) is 12.4 Å². The van der Waals surface area contributed by atoms with E-state index in [1.807, 2.05) is 49.4 Å². The fourth-order valence-corrected chi connectivity index (χ4v) is 2.66. The summed E-state index contributed by atoms with van der Waals surface area (Å²) >= 11 is 6.14. The van der Waals surface area contributed by atoms with Crippen molar-refractivity contribution in [3.05, 3.63) is 69.7 Å². The molecule has 0 bridgehead atoms. The Morgan fingerprint density at radius 2 is 2.00 bits per heavy atom. The molecule has 1 aliphatic rings. The van der Waals surface area contributed by atoms with E-state index in [0.717, 1.165) is 16.1 Å². The minimum Gasteiger partial charge on any atom is -0.288 e. The lowest BCUT2D eigenvalue weighted by Gasteiger charge is -2.19. The number of hydrogen-bond acceptors (Lipinski definition) is 3. The van der Waals surface area contributed by atoms with Crippen molar-refractivity contribution in [3.8, 4) is 0 Å². The van der Waals surface area contributed by atoms with E-state index in [1.54, 1.807) is 6.07 Å². The molecule has 0 saturated carbocycles. The van der Waals surface area contributed by atoms with Crippen LogP contribution in [0.15, 0.2) is 58.5 Å². The molecule has 0 amide bonds. The van der Waals surface area contributed by atoms with Crippen molar-refractivity contribution in [2.45, 2.75) is 6.92 Å². The van der Waals surface area contributed by atoms with Crippen molar-refractivity contribution < 1.29 is 5.21 Å². The van der Waals surface area contributed by atoms with Crippen LogP contribution in [-0.2, 0) is 0 Å². The average Bonchev–Trinajstić information content (AvgIpc) is 2.64. The number of fused-ring (bicyclic) bond motifs is 1. The third-order valence-corrected chi connectivity index (χ3v) is 3.64. The van der Waals surface area contributed by atoms with Crippen molar-refractivity contribution in [1.29, 1.82) is 0 Å². The molecule has 1 heterocycles. The highest BCUT2D eigenvalue weighted by atomic mass is 35.5. The van der Waals surface area contributed by atoms with Gasteiger partial charge in [-0.2, -0.15) is 0 Å². The molecule has 22 heavy (non-hydrogen) atoms. The molecule has 0 aliphatic carbocycles. The number of halogens is 1. The first-order valence-electron chi connectivity index (χ1n) is 7.13. The Hall–Kier alpha value is -2.17. The molecular weight excluding hydrogens is 298 g/mol. The Morgan fingerprint density at radius 1 is 1.23 bits per heavy atom. The number of hydrogen-bond donors (Lipinski definition) is 1. The summed E-state index contributed by atoms with van der Waals surface area (Å²) in [6, 6.07) is 15.2. The predicted octanol–water partition coefficient (Wildman–Crippen LogP) is 2.24. The van der Waals surface area contributed by atoms with Crippen LogP contribution in [0.5, 0.6) is 0 Å². The second kappa shape index (κ2) is 6.30. The maximum Gasteiger partial charge on any atom is 0.146 e. The largest absolute Gasteiger partial charge is 0.288 e. The van der Waals surface area contributed by atoms with E-state index in [0.29, 0.717) is 23.1 Å². The number of rotatable bonds is 2. The number of benzene rings is 2. The van der Waals surface area contributed by atoms with E-state index in [9.17, 15) is 5.21 Å². The highest BCUT2D eigenvalue weighted by molar-refractivity contribution is 6.30. The van der Waals surface area contributed by atoms with Crippen LogP contribution < -0.4 is 10.6 Å². The lowest BCUT2D eigenvalue weighted by Crippen LogP contribution is -2.31. The number of aliphatic imine (C=N–C) groups is 1. The summed E-state index contributed by atoms with van der Waals surface area (Å²) < 4.78 is 0. The van der Waals surface area contributed by atoms with Crippen LogP contribution >= 0.6 is 11.6 Å². The number of amidine groups is 1. The summed E-state index contributed by atoms with van der Waals surface area (Å²) in [7, 11) is 0. The molecule has 112 valence electrons. The van der Waals surface area contributed by atoms with Gasteiger partial charge in [0.25, 0.3) is 0 Å². The molecule has 2 aromatic rings. The maximum absolute atomic E-state index is 10.5. The Bertz CT molecular complexity index is 831. The summed E-state index contributed by atoms with van der Waals surface area (Å²) in [6.45, 7) is 2.81. The van der Waals surface area contributed by atoms with Gasteiger partial charge in [-0.25, -0.2) is 10.1 Å². The zero-order valence-electron chi connectivity index (χ0n) is 12.2. The molecule has 3 rings (SSSR count). The van der Waals surface area contributed by atoms with Gasteiger partial charge in [-0.05, 0) is 25.1 Å². The molecule has 0 fully saturated rings. The zero-order chi connectivity index (χ0) is 15.5. The van der Waals surface area contributed by atoms with Gasteiger partial charge in [0.2, 0.25) is 0 Å². The van der Waals surface area contributed by atoms with Crippen LogP contribution in [-0.4, -0.2) is 29.2 Å². The minimum atomic E-state index is 0.240. The second-order valence-corrected chi connectivity index (χ2v) is 5.37. The molecule has 0 atom stereocenters. The van der Waals surface area contributed by atoms with Crippen LogP contribution in [0.3, 0.4) is 0 Å². The van der Waals surface area contributed by atoms with Gasteiger partial charge >= 0.3 is 0 Å². The van der Waals surface area contributed by atoms with Gasteiger partial charge in [-0.1, -0.05) is 41.9 Å². The molecule has 4 nitrogen and oxygen atoms in total. The topological polar surface area (TPSA) is 48.2 Å². The van der Waals surface area contributed by atoms with E-state index in [1.165, 1.54) is 5.06 Å². The Morgan fingerprint density at radius 3 is 2.73 bits per heavy atom. The fraction of sp³-hybridized carbons (Fsp3) is 0.176. The van der Waals surface area contributed by atoms with Crippen molar-refractivity contribution in [2.75, 3.05) is 13.1 Å². The van der Waals surface area contributed by atoms with Gasteiger partial charge in [0.15, 0.2) is 0 Å². The van der Waals surface area contributed by atoms with Crippen molar-refractivity contribution in [3.63, 3.8) is 0 Å². The molecule has 0 saturated heterocycles. The van der Waals surface area contributed by atoms with Gasteiger partial charge in [0.05, 0.1) is 11.1 Å². The van der Waals surface area contributed by atoms with Gasteiger partial charge in [0, 0.05) is 22.3 Å². The molecular formula is C17H16ClN3O. The molecule has 0 radical (unpaired) electrons. The normalized spacial score (nSPS) is 16.2. The van der Waals surface area contributed by atoms with Crippen LogP contribution in [0.4, 0.5) is 0 Å². The molecule has 1 N–H and O–H groups in total. The summed E-state index contributed by atoms with van der Waals surface area (Å²) in [6.07, 6.45) is 0. The summed E-state index contributed by atoms with van der Waals surface area (Å²) in [5.41, 5.74) is 1.59. The quantitative estimate of drug-likeness (QED) is 0.924. The lowest BCUT2D eigenvalue weighted by molar-refractivity contribution is -0.0120. The van der Waals surface area contributed by atoms with Gasteiger partial charge in [-0.15, -0.1) is 0 Å². The Kier molecular flexibility index (Phi) is 4.22. The zero-order valence-corrected chi connectivity index (χ0v) is 13.0. The third kappa shape index (κ3) is 2.89. The molecule has 1 aliphatic heterocycles. The van der Waals surface area contributed by atoms with Crippen LogP contribution in [0.25, 0.3) is 5.70 Å². The van der Waals surface area contributed by atoms with Gasteiger partial charge < -0.3 is 0 Å². The Labute approximate surface area is 133 Å². The number of hydroxylamine groups is 2. The van der Waals surface area contributed by atoms with Crippen molar-refractivity contribution in [1.82, 2.24) is 5.06 Å². The fourth-order valence-electron chi connectivity index (χ4n) is 2.49. The predicted molar refractivity (Wildman–Crippen MR) is 87.7 cm³/mol. The first-order chi connectivity index (χ1) is 10.7. The average molecular weight is 314 g/mol. The summed E-state index contributed by atoms with van der Waals surface area (Å²) in [4.78, 5) is 8.91. The van der Waals surface area contributed by atoms with Crippen LogP contribution in [0.1, 0.15) is 12.5 Å². The smallest absolute Gasteiger partial charge is 0.146 e. The molecule has 0 spiro atoms. The highest BCUT2D eigenvalue weighted by Gasteiger charge is 2.17. The Balaban J connectivity index is 2.37. The van der Waals surface area contributed by atoms with E-state index < -0.39 is 0 Å². The lowest BCUT2D eigenvalue weighted by atomic mass is 10.1. The molecule has 5 heteroatoms. The minimum absolute atomic E-state index is 0.240. The first-order valence-corrected chi connectivity index (χ1v) is 7.50. The standard InChI is InChI=1S/C17H16ClN3O/c1-2-19-16-11-21(22)17(12-6-4-3-5-7-12)14-10-13(18)8-9-15(14)20-16/h3-10,22H,2,11H2,1H3. The number of nitrogens with zero attached hydrogens (tertiary/aromatic N) is 3. The van der Waals surface area contributed by atoms with E-state index in [-0.39, 0.29) is 6.54 Å². The van der Waals surface area contributed by atoms with Gasteiger partial charge in [-0.3, -0.25) is 10.2 Å². The van der Waals surface area contributed by atoms with Crippen molar-refractivity contribution in [2.24, 2.45) is 9.98 Å². The molecule has 2 aromatic carbocycles. The third-order valence-electron chi connectivity index (χ3n) is 3.40. The van der Waals surface area contributed by atoms with E-state index in [2.05, 4.69) is 9.98 Å². The van der Waals surface area contributed by atoms with E-state index >= 15 is 0 Å². The highest BCUT2D eigenvalue weighted by Crippen LogP contribution is 2.15.